The molecule has 1 saturated heterocycles. The van der Waals surface area contributed by atoms with Crippen LogP contribution in [0.3, 0.4) is 0 Å². The highest BCUT2D eigenvalue weighted by Gasteiger charge is 2.23. The molecule has 0 saturated carbocycles. The molecule has 7 nitrogen and oxygen atoms in total. The molecule has 0 aromatic heterocycles. The number of nitrogens with one attached hydrogen (secondary N) is 2. The average molecular weight is 262 g/mol. The van der Waals surface area contributed by atoms with Crippen molar-refractivity contribution < 1.29 is 14.8 Å². The third-order valence-corrected chi connectivity index (χ3v) is 2.84. The van der Waals surface area contributed by atoms with Gasteiger partial charge in [0.15, 0.2) is 5.84 Å². The Balaban J connectivity index is 2.09. The first kappa shape index (κ1) is 12.9. The Morgan fingerprint density at radius 1 is 1.47 bits per heavy atom. The molecule has 5 N–H and O–H groups in total. The van der Waals surface area contributed by atoms with E-state index in [0.29, 0.717) is 17.7 Å². The predicted octanol–water partition coefficient (Wildman–Crippen LogP) is -0.601. The zero-order valence-corrected chi connectivity index (χ0v) is 10.1. The monoisotopic (exact) mass is 262 g/mol. The molecule has 1 aliphatic heterocycles. The summed E-state index contributed by atoms with van der Waals surface area (Å²) >= 11 is 0. The second kappa shape index (κ2) is 5.38. The highest BCUT2D eigenvalue weighted by Crippen LogP contribution is 2.07. The molecule has 0 bridgehead atoms. The van der Waals surface area contributed by atoms with Crippen molar-refractivity contribution in [3.63, 3.8) is 0 Å². The Labute approximate surface area is 109 Å². The minimum atomic E-state index is -0.297. The maximum absolute atomic E-state index is 12.0. The van der Waals surface area contributed by atoms with E-state index in [1.807, 2.05) is 0 Å². The molecule has 1 fully saturated rings. The van der Waals surface area contributed by atoms with Gasteiger partial charge < -0.3 is 21.6 Å². The van der Waals surface area contributed by atoms with E-state index in [1.54, 1.807) is 18.2 Å². The van der Waals surface area contributed by atoms with Crippen molar-refractivity contribution in [2.24, 2.45) is 10.9 Å². The molecule has 1 unspecified atom stereocenters. The number of rotatable bonds is 3. The number of hydrogen-bond acceptors (Lipinski definition) is 4. The van der Waals surface area contributed by atoms with Gasteiger partial charge in [0.1, 0.15) is 0 Å². The van der Waals surface area contributed by atoms with Crippen LogP contribution in [0.15, 0.2) is 29.4 Å². The smallest absolute Gasteiger partial charge is 0.251 e. The number of amidine groups is 1. The number of oxime groups is 1. The summed E-state index contributed by atoms with van der Waals surface area (Å²) in [4.78, 5) is 23.0. The van der Waals surface area contributed by atoms with Crippen LogP contribution in [0, 0.1) is 0 Å². The van der Waals surface area contributed by atoms with Gasteiger partial charge >= 0.3 is 0 Å². The molecule has 19 heavy (non-hydrogen) atoms. The van der Waals surface area contributed by atoms with E-state index in [1.165, 1.54) is 6.07 Å². The third-order valence-electron chi connectivity index (χ3n) is 2.84. The summed E-state index contributed by atoms with van der Waals surface area (Å²) in [5, 5.41) is 16.9. The second-order valence-corrected chi connectivity index (χ2v) is 4.24. The molecule has 2 rings (SSSR count). The first-order chi connectivity index (χ1) is 9.10. The molecule has 7 heteroatoms. The van der Waals surface area contributed by atoms with Gasteiger partial charge in [-0.2, -0.15) is 0 Å². The standard InChI is InChI=1S/C12H14N4O3/c13-11(16-19)7-2-1-3-8(4-7)12(18)15-9-5-10(17)14-6-9/h1-4,9,19H,5-6H2,(H2,13,16)(H,14,17)(H,15,18). The number of carbonyl (C=O) groups excluding carboxylic acids is 2. The van der Waals surface area contributed by atoms with Crippen LogP contribution >= 0.6 is 0 Å². The number of amides is 2. The Kier molecular flexibility index (Phi) is 3.65. The quantitative estimate of drug-likeness (QED) is 0.252. The molecule has 2 amide bonds. The summed E-state index contributed by atoms with van der Waals surface area (Å²) in [5.41, 5.74) is 6.31. The molecule has 1 heterocycles. The van der Waals surface area contributed by atoms with E-state index >= 15 is 0 Å². The molecule has 1 aliphatic rings. The van der Waals surface area contributed by atoms with Gasteiger partial charge in [-0.05, 0) is 12.1 Å². The maximum atomic E-state index is 12.0. The van der Waals surface area contributed by atoms with Crippen molar-refractivity contribution >= 4 is 17.6 Å². The number of benzene rings is 1. The van der Waals surface area contributed by atoms with E-state index in [0.717, 1.165) is 0 Å². The minimum absolute atomic E-state index is 0.0626. The van der Waals surface area contributed by atoms with Gasteiger partial charge in [-0.25, -0.2) is 0 Å². The number of hydrogen-bond donors (Lipinski definition) is 4. The topological polar surface area (TPSA) is 117 Å². The lowest BCUT2D eigenvalue weighted by Crippen LogP contribution is -2.36. The maximum Gasteiger partial charge on any atom is 0.251 e. The first-order valence-corrected chi connectivity index (χ1v) is 5.75. The lowest BCUT2D eigenvalue weighted by Gasteiger charge is -2.10. The number of nitrogens with zero attached hydrogens (tertiary/aromatic N) is 1. The van der Waals surface area contributed by atoms with Gasteiger partial charge in [0, 0.05) is 24.1 Å². The van der Waals surface area contributed by atoms with Crippen LogP contribution in [-0.4, -0.2) is 35.4 Å². The summed E-state index contributed by atoms with van der Waals surface area (Å²) in [6.07, 6.45) is 0.283. The average Bonchev–Trinajstić information content (AvgIpc) is 2.83. The Bertz CT molecular complexity index is 542. The fourth-order valence-electron chi connectivity index (χ4n) is 1.85. The van der Waals surface area contributed by atoms with Gasteiger partial charge in [-0.3, -0.25) is 9.59 Å². The lowest BCUT2D eigenvalue weighted by molar-refractivity contribution is -0.119. The minimum Gasteiger partial charge on any atom is -0.409 e. The third kappa shape index (κ3) is 3.01. The van der Waals surface area contributed by atoms with E-state index in [2.05, 4.69) is 15.8 Å². The van der Waals surface area contributed by atoms with Gasteiger partial charge in [-0.15, -0.1) is 0 Å². The highest BCUT2D eigenvalue weighted by atomic mass is 16.4. The van der Waals surface area contributed by atoms with E-state index < -0.39 is 0 Å². The van der Waals surface area contributed by atoms with Crippen LogP contribution in [-0.2, 0) is 4.79 Å². The van der Waals surface area contributed by atoms with Gasteiger partial charge in [0.25, 0.3) is 5.91 Å². The van der Waals surface area contributed by atoms with Gasteiger partial charge in [-0.1, -0.05) is 17.3 Å². The van der Waals surface area contributed by atoms with E-state index in [-0.39, 0.29) is 30.1 Å². The molecular formula is C12H14N4O3. The van der Waals surface area contributed by atoms with Crippen LogP contribution in [0.1, 0.15) is 22.3 Å². The predicted molar refractivity (Wildman–Crippen MR) is 67.8 cm³/mol. The lowest BCUT2D eigenvalue weighted by atomic mass is 10.1. The van der Waals surface area contributed by atoms with Gasteiger partial charge in [0.2, 0.25) is 5.91 Å². The normalized spacial score (nSPS) is 19.1. The molecule has 1 aromatic rings. The van der Waals surface area contributed by atoms with Crippen molar-refractivity contribution in [3.8, 4) is 0 Å². The van der Waals surface area contributed by atoms with Crippen LogP contribution in [0.4, 0.5) is 0 Å². The zero-order valence-electron chi connectivity index (χ0n) is 10.1. The fraction of sp³-hybridized carbons (Fsp3) is 0.250. The summed E-state index contributed by atoms with van der Waals surface area (Å²) < 4.78 is 0. The first-order valence-electron chi connectivity index (χ1n) is 5.75. The van der Waals surface area contributed by atoms with Crippen LogP contribution in [0.2, 0.25) is 0 Å². The van der Waals surface area contributed by atoms with Crippen molar-refractivity contribution in [2.45, 2.75) is 12.5 Å². The molecule has 0 spiro atoms. The Morgan fingerprint density at radius 3 is 2.84 bits per heavy atom. The Hall–Kier alpha value is -2.57. The van der Waals surface area contributed by atoms with Crippen molar-refractivity contribution in [1.29, 1.82) is 0 Å². The van der Waals surface area contributed by atoms with E-state index in [4.69, 9.17) is 10.9 Å². The van der Waals surface area contributed by atoms with Gasteiger partial charge in [0.05, 0.1) is 6.04 Å². The zero-order chi connectivity index (χ0) is 13.8. The van der Waals surface area contributed by atoms with Crippen LogP contribution in [0.25, 0.3) is 0 Å². The second-order valence-electron chi connectivity index (χ2n) is 4.24. The van der Waals surface area contributed by atoms with Crippen molar-refractivity contribution in [3.05, 3.63) is 35.4 Å². The molecule has 0 radical (unpaired) electrons. The largest absolute Gasteiger partial charge is 0.409 e. The van der Waals surface area contributed by atoms with Crippen molar-refractivity contribution in [2.75, 3.05) is 6.54 Å². The summed E-state index contributed by atoms with van der Waals surface area (Å²) in [6.45, 7) is 0.435. The summed E-state index contributed by atoms with van der Waals surface area (Å²) in [6, 6.07) is 6.21. The summed E-state index contributed by atoms with van der Waals surface area (Å²) in [5.74, 6) is -0.433. The SMILES string of the molecule is N/C(=N/O)c1cccc(C(=O)NC2CNC(=O)C2)c1. The highest BCUT2D eigenvalue weighted by molar-refractivity contribution is 6.01. The number of carbonyl (C=O) groups is 2. The Morgan fingerprint density at radius 2 is 2.21 bits per heavy atom. The van der Waals surface area contributed by atoms with E-state index in [9.17, 15) is 9.59 Å². The molecular weight excluding hydrogens is 248 g/mol. The van der Waals surface area contributed by atoms with Crippen LogP contribution in [0.5, 0.6) is 0 Å². The molecule has 100 valence electrons. The molecule has 1 atom stereocenters. The number of nitrogens with two attached hydrogens (primary N) is 1. The summed E-state index contributed by atoms with van der Waals surface area (Å²) in [7, 11) is 0. The van der Waals surface area contributed by atoms with Crippen molar-refractivity contribution in [1.82, 2.24) is 10.6 Å². The molecule has 0 aliphatic carbocycles. The molecule has 1 aromatic carbocycles. The van der Waals surface area contributed by atoms with Crippen LogP contribution < -0.4 is 16.4 Å². The fourth-order valence-corrected chi connectivity index (χ4v) is 1.85.